The maximum absolute atomic E-state index is 12.1. The number of nitrogens with zero attached hydrogens (tertiary/aromatic N) is 1. The molecule has 0 aliphatic carbocycles. The lowest BCUT2D eigenvalue weighted by atomic mass is 10.00. The zero-order valence-corrected chi connectivity index (χ0v) is 16.0. The standard InChI is InChI=1S/C17H25Cl2N3O2/c1-11-8-22(9-12(2)24-11)17(3,4)10-20-16(23)21-13-5-6-14(18)15(19)7-13/h5-7,11-12H,8-10H2,1-4H3,(H2,20,21,23). The van der Waals surface area contributed by atoms with Gasteiger partial charge in [0.1, 0.15) is 0 Å². The summed E-state index contributed by atoms with van der Waals surface area (Å²) in [6.07, 6.45) is 0.385. The van der Waals surface area contributed by atoms with Gasteiger partial charge in [0.15, 0.2) is 0 Å². The molecule has 2 amide bonds. The summed E-state index contributed by atoms with van der Waals surface area (Å²) in [4.78, 5) is 14.5. The van der Waals surface area contributed by atoms with Gasteiger partial charge in [0, 0.05) is 30.9 Å². The van der Waals surface area contributed by atoms with Gasteiger partial charge in [0.25, 0.3) is 0 Å². The molecule has 1 aliphatic rings. The minimum atomic E-state index is -0.268. The third kappa shape index (κ3) is 5.24. The molecule has 1 fully saturated rings. The number of benzene rings is 1. The zero-order chi connectivity index (χ0) is 17.9. The molecule has 2 rings (SSSR count). The number of hydrogen-bond acceptors (Lipinski definition) is 3. The van der Waals surface area contributed by atoms with E-state index in [0.29, 0.717) is 22.3 Å². The van der Waals surface area contributed by atoms with Crippen LogP contribution in [0.25, 0.3) is 0 Å². The maximum Gasteiger partial charge on any atom is 0.319 e. The molecule has 0 bridgehead atoms. The number of hydrogen-bond donors (Lipinski definition) is 2. The number of morpholine rings is 1. The molecule has 0 aromatic heterocycles. The number of rotatable bonds is 4. The van der Waals surface area contributed by atoms with Crippen molar-refractivity contribution in [2.75, 3.05) is 25.0 Å². The fraction of sp³-hybridized carbons (Fsp3) is 0.588. The Hall–Kier alpha value is -1.01. The van der Waals surface area contributed by atoms with E-state index < -0.39 is 0 Å². The average Bonchev–Trinajstić information content (AvgIpc) is 2.48. The first-order chi connectivity index (χ1) is 11.2. The number of halogens is 2. The highest BCUT2D eigenvalue weighted by atomic mass is 35.5. The van der Waals surface area contributed by atoms with Gasteiger partial charge < -0.3 is 15.4 Å². The highest BCUT2D eigenvalue weighted by molar-refractivity contribution is 6.42. The Morgan fingerprint density at radius 2 is 1.88 bits per heavy atom. The first-order valence-electron chi connectivity index (χ1n) is 8.08. The van der Waals surface area contributed by atoms with Crippen molar-refractivity contribution < 1.29 is 9.53 Å². The Labute approximate surface area is 153 Å². The first kappa shape index (κ1) is 19.3. The van der Waals surface area contributed by atoms with Crippen LogP contribution in [-0.2, 0) is 4.74 Å². The van der Waals surface area contributed by atoms with Crippen LogP contribution < -0.4 is 10.6 Å². The van der Waals surface area contributed by atoms with Gasteiger partial charge in [-0.2, -0.15) is 0 Å². The van der Waals surface area contributed by atoms with Crippen LogP contribution in [0.15, 0.2) is 18.2 Å². The van der Waals surface area contributed by atoms with Crippen LogP contribution in [0.3, 0.4) is 0 Å². The molecule has 2 atom stereocenters. The third-order valence-corrected chi connectivity index (χ3v) is 4.87. The number of carbonyl (C=O) groups excluding carboxylic acids is 1. The Balaban J connectivity index is 1.88. The Bertz CT molecular complexity index is 585. The first-order valence-corrected chi connectivity index (χ1v) is 8.83. The minimum Gasteiger partial charge on any atom is -0.373 e. The smallest absolute Gasteiger partial charge is 0.319 e. The van der Waals surface area contributed by atoms with Gasteiger partial charge in [0.2, 0.25) is 0 Å². The van der Waals surface area contributed by atoms with E-state index >= 15 is 0 Å². The van der Waals surface area contributed by atoms with Crippen molar-refractivity contribution in [3.8, 4) is 0 Å². The molecule has 134 valence electrons. The average molecular weight is 374 g/mol. The van der Waals surface area contributed by atoms with Crippen LogP contribution in [0.4, 0.5) is 10.5 Å². The molecule has 0 saturated carbocycles. The fourth-order valence-electron chi connectivity index (χ4n) is 2.83. The number of urea groups is 1. The Morgan fingerprint density at radius 1 is 1.25 bits per heavy atom. The molecule has 5 nitrogen and oxygen atoms in total. The van der Waals surface area contributed by atoms with Crippen LogP contribution in [0.2, 0.25) is 10.0 Å². The quantitative estimate of drug-likeness (QED) is 0.838. The summed E-state index contributed by atoms with van der Waals surface area (Å²) in [5, 5.41) is 6.56. The van der Waals surface area contributed by atoms with Crippen molar-refractivity contribution in [2.24, 2.45) is 0 Å². The Morgan fingerprint density at radius 3 is 2.46 bits per heavy atom. The van der Waals surface area contributed by atoms with Gasteiger partial charge >= 0.3 is 6.03 Å². The van der Waals surface area contributed by atoms with Crippen LogP contribution in [0.1, 0.15) is 27.7 Å². The van der Waals surface area contributed by atoms with E-state index in [1.54, 1.807) is 18.2 Å². The number of anilines is 1. The maximum atomic E-state index is 12.1. The van der Waals surface area contributed by atoms with E-state index in [9.17, 15) is 4.79 Å². The summed E-state index contributed by atoms with van der Waals surface area (Å²) >= 11 is 11.8. The van der Waals surface area contributed by atoms with Gasteiger partial charge in [-0.25, -0.2) is 4.79 Å². The predicted octanol–water partition coefficient (Wildman–Crippen LogP) is 4.00. The highest BCUT2D eigenvalue weighted by Gasteiger charge is 2.33. The largest absolute Gasteiger partial charge is 0.373 e. The van der Waals surface area contributed by atoms with Crippen molar-refractivity contribution in [2.45, 2.75) is 45.4 Å². The third-order valence-electron chi connectivity index (χ3n) is 4.13. The molecule has 1 aromatic rings. The summed E-state index contributed by atoms with van der Waals surface area (Å²) < 4.78 is 5.77. The van der Waals surface area contributed by atoms with Crippen molar-refractivity contribution >= 4 is 34.9 Å². The second-order valence-corrected chi connectivity index (χ2v) is 7.73. The summed E-state index contributed by atoms with van der Waals surface area (Å²) in [6, 6.07) is 4.72. The molecular formula is C17H25Cl2N3O2. The fourth-order valence-corrected chi connectivity index (χ4v) is 3.13. The van der Waals surface area contributed by atoms with Gasteiger partial charge in [-0.05, 0) is 45.9 Å². The molecule has 1 aromatic carbocycles. The normalized spacial score (nSPS) is 22.2. The lowest BCUT2D eigenvalue weighted by molar-refractivity contribution is -0.0947. The number of nitrogens with one attached hydrogen (secondary N) is 2. The molecule has 1 heterocycles. The number of carbonyl (C=O) groups is 1. The highest BCUT2D eigenvalue weighted by Crippen LogP contribution is 2.25. The summed E-state index contributed by atoms with van der Waals surface area (Å²) in [6.45, 7) is 10.6. The van der Waals surface area contributed by atoms with Gasteiger partial charge in [-0.1, -0.05) is 23.2 Å². The SMILES string of the molecule is CC1CN(C(C)(C)CNC(=O)Nc2ccc(Cl)c(Cl)c2)CC(C)O1. The zero-order valence-electron chi connectivity index (χ0n) is 14.5. The second kappa shape index (κ2) is 7.91. The number of amides is 2. The predicted molar refractivity (Wildman–Crippen MR) is 99.1 cm³/mol. The molecule has 24 heavy (non-hydrogen) atoms. The van der Waals surface area contributed by atoms with E-state index in [2.05, 4.69) is 43.2 Å². The van der Waals surface area contributed by atoms with Gasteiger partial charge in [0.05, 0.1) is 22.3 Å². The van der Waals surface area contributed by atoms with E-state index in [0.717, 1.165) is 13.1 Å². The van der Waals surface area contributed by atoms with Crippen LogP contribution in [0, 0.1) is 0 Å². The molecule has 1 aliphatic heterocycles. The van der Waals surface area contributed by atoms with E-state index in [1.807, 2.05) is 0 Å². The lowest BCUT2D eigenvalue weighted by Gasteiger charge is -2.45. The summed E-state index contributed by atoms with van der Waals surface area (Å²) in [5.41, 5.74) is 0.440. The number of ether oxygens (including phenoxy) is 1. The van der Waals surface area contributed by atoms with Crippen LogP contribution in [0.5, 0.6) is 0 Å². The summed E-state index contributed by atoms with van der Waals surface area (Å²) in [7, 11) is 0. The summed E-state index contributed by atoms with van der Waals surface area (Å²) in [5.74, 6) is 0. The lowest BCUT2D eigenvalue weighted by Crippen LogP contribution is -2.58. The van der Waals surface area contributed by atoms with Crippen LogP contribution in [-0.4, -0.2) is 48.3 Å². The molecule has 0 spiro atoms. The second-order valence-electron chi connectivity index (χ2n) is 6.91. The van der Waals surface area contributed by atoms with Gasteiger partial charge in [-0.3, -0.25) is 4.90 Å². The molecule has 0 radical (unpaired) electrons. The Kier molecular flexibility index (Phi) is 6.37. The minimum absolute atomic E-state index is 0.165. The molecule has 1 saturated heterocycles. The van der Waals surface area contributed by atoms with E-state index in [4.69, 9.17) is 27.9 Å². The van der Waals surface area contributed by atoms with Crippen molar-refractivity contribution in [1.82, 2.24) is 10.2 Å². The molecular weight excluding hydrogens is 349 g/mol. The van der Waals surface area contributed by atoms with E-state index in [-0.39, 0.29) is 23.8 Å². The van der Waals surface area contributed by atoms with Crippen molar-refractivity contribution in [3.63, 3.8) is 0 Å². The van der Waals surface area contributed by atoms with E-state index in [1.165, 1.54) is 0 Å². The van der Waals surface area contributed by atoms with Crippen molar-refractivity contribution in [1.29, 1.82) is 0 Å². The molecule has 2 unspecified atom stereocenters. The molecule has 2 N–H and O–H groups in total. The topological polar surface area (TPSA) is 53.6 Å². The molecule has 7 heteroatoms. The van der Waals surface area contributed by atoms with Crippen LogP contribution >= 0.6 is 23.2 Å². The monoisotopic (exact) mass is 373 g/mol. The van der Waals surface area contributed by atoms with Gasteiger partial charge in [-0.15, -0.1) is 0 Å². The van der Waals surface area contributed by atoms with Crippen molar-refractivity contribution in [3.05, 3.63) is 28.2 Å².